The minimum atomic E-state index is 0.618. The molecule has 4 heteroatoms. The molecule has 0 saturated carbocycles. The van der Waals surface area contributed by atoms with Crippen molar-refractivity contribution in [2.45, 2.75) is 6.54 Å². The van der Waals surface area contributed by atoms with Crippen LogP contribution in [0.5, 0.6) is 5.88 Å². The van der Waals surface area contributed by atoms with Crippen molar-refractivity contribution in [3.63, 3.8) is 0 Å². The molecular formula is C16H15N3O. The first kappa shape index (κ1) is 12.4. The molecular weight excluding hydrogens is 250 g/mol. The third-order valence-corrected chi connectivity index (χ3v) is 3.11. The molecule has 0 spiro atoms. The predicted molar refractivity (Wildman–Crippen MR) is 79.9 cm³/mol. The van der Waals surface area contributed by atoms with Crippen molar-refractivity contribution < 1.29 is 4.74 Å². The Bertz CT molecular complexity index is 710. The van der Waals surface area contributed by atoms with E-state index in [4.69, 9.17) is 4.74 Å². The Kier molecular flexibility index (Phi) is 3.46. The topological polar surface area (TPSA) is 47.0 Å². The fourth-order valence-corrected chi connectivity index (χ4v) is 2.04. The molecule has 1 N–H and O–H groups in total. The zero-order valence-electron chi connectivity index (χ0n) is 11.2. The number of hydrogen-bond donors (Lipinski definition) is 1. The molecule has 20 heavy (non-hydrogen) atoms. The quantitative estimate of drug-likeness (QED) is 0.786. The van der Waals surface area contributed by atoms with E-state index in [0.29, 0.717) is 5.88 Å². The number of hydrogen-bond acceptors (Lipinski definition) is 4. The largest absolute Gasteiger partial charge is 0.481 e. The van der Waals surface area contributed by atoms with Crippen LogP contribution in [-0.2, 0) is 6.54 Å². The summed E-state index contributed by atoms with van der Waals surface area (Å²) in [6, 6.07) is 14.1. The number of ether oxygens (including phenoxy) is 1. The Hall–Kier alpha value is -2.62. The normalized spacial score (nSPS) is 10.4. The zero-order chi connectivity index (χ0) is 13.8. The molecule has 0 bridgehead atoms. The molecule has 0 radical (unpaired) electrons. The van der Waals surface area contributed by atoms with E-state index in [1.54, 1.807) is 13.3 Å². The Morgan fingerprint density at radius 2 is 2.05 bits per heavy atom. The van der Waals surface area contributed by atoms with Crippen LogP contribution in [0.2, 0.25) is 0 Å². The summed E-state index contributed by atoms with van der Waals surface area (Å²) in [7, 11) is 1.61. The SMILES string of the molecule is COc1ccc(NCc2ccc3ncccc3c2)cn1. The molecule has 2 aromatic heterocycles. The molecule has 0 saturated heterocycles. The first-order valence-corrected chi connectivity index (χ1v) is 6.43. The van der Waals surface area contributed by atoms with Crippen LogP contribution in [0, 0.1) is 0 Å². The van der Waals surface area contributed by atoms with E-state index in [1.807, 2.05) is 30.5 Å². The molecule has 3 rings (SSSR count). The Morgan fingerprint density at radius 3 is 2.85 bits per heavy atom. The Labute approximate surface area is 117 Å². The maximum absolute atomic E-state index is 5.03. The average Bonchev–Trinajstić information content (AvgIpc) is 2.53. The van der Waals surface area contributed by atoms with Gasteiger partial charge in [0.1, 0.15) is 0 Å². The second kappa shape index (κ2) is 5.57. The summed E-state index contributed by atoms with van der Waals surface area (Å²) in [5.41, 5.74) is 3.20. The highest BCUT2D eigenvalue weighted by molar-refractivity contribution is 5.78. The highest BCUT2D eigenvalue weighted by Crippen LogP contribution is 2.16. The lowest BCUT2D eigenvalue weighted by Crippen LogP contribution is -2.00. The molecule has 0 unspecified atom stereocenters. The van der Waals surface area contributed by atoms with Gasteiger partial charge in [-0.15, -0.1) is 0 Å². The zero-order valence-corrected chi connectivity index (χ0v) is 11.2. The molecule has 0 fully saturated rings. The van der Waals surface area contributed by atoms with Gasteiger partial charge in [0.2, 0.25) is 5.88 Å². The maximum Gasteiger partial charge on any atom is 0.213 e. The van der Waals surface area contributed by atoms with Crippen molar-refractivity contribution in [3.05, 3.63) is 60.4 Å². The number of nitrogens with zero attached hydrogens (tertiary/aromatic N) is 2. The van der Waals surface area contributed by atoms with Crippen molar-refractivity contribution in [3.8, 4) is 5.88 Å². The Morgan fingerprint density at radius 1 is 1.10 bits per heavy atom. The summed E-state index contributed by atoms with van der Waals surface area (Å²) in [4.78, 5) is 8.48. The van der Waals surface area contributed by atoms with Crippen LogP contribution in [0.15, 0.2) is 54.9 Å². The van der Waals surface area contributed by atoms with Gasteiger partial charge in [0, 0.05) is 24.2 Å². The van der Waals surface area contributed by atoms with Crippen molar-refractivity contribution in [1.29, 1.82) is 0 Å². The number of rotatable bonds is 4. The second-order valence-corrected chi connectivity index (χ2v) is 4.47. The number of nitrogens with one attached hydrogen (secondary N) is 1. The number of anilines is 1. The number of fused-ring (bicyclic) bond motifs is 1. The van der Waals surface area contributed by atoms with Crippen LogP contribution in [0.4, 0.5) is 5.69 Å². The lowest BCUT2D eigenvalue weighted by molar-refractivity contribution is 0.398. The molecule has 100 valence electrons. The van der Waals surface area contributed by atoms with Gasteiger partial charge in [0.25, 0.3) is 0 Å². The molecule has 0 aliphatic heterocycles. The standard InChI is InChI=1S/C16H15N3O/c1-20-16-7-5-14(11-19-16)18-10-12-4-6-15-13(9-12)3-2-8-17-15/h2-9,11,18H,10H2,1H3. The van der Waals surface area contributed by atoms with Crippen LogP contribution in [-0.4, -0.2) is 17.1 Å². The van der Waals surface area contributed by atoms with Gasteiger partial charge < -0.3 is 10.1 Å². The lowest BCUT2D eigenvalue weighted by Gasteiger charge is -2.07. The summed E-state index contributed by atoms with van der Waals surface area (Å²) in [5, 5.41) is 4.49. The van der Waals surface area contributed by atoms with Crippen molar-refractivity contribution in [2.24, 2.45) is 0 Å². The molecule has 0 aliphatic carbocycles. The van der Waals surface area contributed by atoms with Crippen LogP contribution < -0.4 is 10.1 Å². The van der Waals surface area contributed by atoms with Gasteiger partial charge in [-0.2, -0.15) is 0 Å². The van der Waals surface area contributed by atoms with Gasteiger partial charge in [-0.1, -0.05) is 12.1 Å². The predicted octanol–water partition coefficient (Wildman–Crippen LogP) is 3.25. The third-order valence-electron chi connectivity index (χ3n) is 3.11. The molecule has 0 atom stereocenters. The summed E-state index contributed by atoms with van der Waals surface area (Å²) in [5.74, 6) is 0.618. The number of methoxy groups -OCH3 is 1. The fourth-order valence-electron chi connectivity index (χ4n) is 2.04. The van der Waals surface area contributed by atoms with Crippen LogP contribution in [0.25, 0.3) is 10.9 Å². The average molecular weight is 265 g/mol. The molecule has 0 aliphatic rings. The summed E-state index contributed by atoms with van der Waals surface area (Å²) in [6.07, 6.45) is 3.57. The minimum absolute atomic E-state index is 0.618. The molecule has 2 heterocycles. The first-order chi connectivity index (χ1) is 9.85. The van der Waals surface area contributed by atoms with Gasteiger partial charge in [0.05, 0.1) is 24.5 Å². The smallest absolute Gasteiger partial charge is 0.213 e. The van der Waals surface area contributed by atoms with Crippen molar-refractivity contribution in [1.82, 2.24) is 9.97 Å². The van der Waals surface area contributed by atoms with Crippen LogP contribution in [0.3, 0.4) is 0 Å². The Balaban J connectivity index is 1.72. The van der Waals surface area contributed by atoms with Crippen molar-refractivity contribution >= 4 is 16.6 Å². The van der Waals surface area contributed by atoms with Gasteiger partial charge in [0.15, 0.2) is 0 Å². The van der Waals surface area contributed by atoms with Crippen LogP contribution >= 0.6 is 0 Å². The number of aromatic nitrogens is 2. The summed E-state index contributed by atoms with van der Waals surface area (Å²) in [6.45, 7) is 0.749. The van der Waals surface area contributed by atoms with Crippen molar-refractivity contribution in [2.75, 3.05) is 12.4 Å². The van der Waals surface area contributed by atoms with Gasteiger partial charge in [-0.25, -0.2) is 4.98 Å². The van der Waals surface area contributed by atoms with Gasteiger partial charge >= 0.3 is 0 Å². The van der Waals surface area contributed by atoms with E-state index in [-0.39, 0.29) is 0 Å². The first-order valence-electron chi connectivity index (χ1n) is 6.43. The van der Waals surface area contributed by atoms with Crippen LogP contribution in [0.1, 0.15) is 5.56 Å². The van der Waals surface area contributed by atoms with E-state index < -0.39 is 0 Å². The molecule has 3 aromatic rings. The highest BCUT2D eigenvalue weighted by atomic mass is 16.5. The minimum Gasteiger partial charge on any atom is -0.481 e. The van der Waals surface area contributed by atoms with E-state index in [0.717, 1.165) is 23.1 Å². The van der Waals surface area contributed by atoms with E-state index in [1.165, 1.54) is 5.56 Å². The second-order valence-electron chi connectivity index (χ2n) is 4.47. The highest BCUT2D eigenvalue weighted by Gasteiger charge is 1.98. The van der Waals surface area contributed by atoms with Gasteiger partial charge in [-0.05, 0) is 29.8 Å². The van der Waals surface area contributed by atoms with E-state index in [9.17, 15) is 0 Å². The maximum atomic E-state index is 5.03. The number of benzene rings is 1. The summed E-state index contributed by atoms with van der Waals surface area (Å²) >= 11 is 0. The molecule has 1 aromatic carbocycles. The number of pyridine rings is 2. The fraction of sp³-hybridized carbons (Fsp3) is 0.125. The molecule has 0 amide bonds. The van der Waals surface area contributed by atoms with E-state index in [2.05, 4.69) is 33.5 Å². The van der Waals surface area contributed by atoms with E-state index >= 15 is 0 Å². The van der Waals surface area contributed by atoms with Gasteiger partial charge in [-0.3, -0.25) is 4.98 Å². The molecule has 4 nitrogen and oxygen atoms in total. The third kappa shape index (κ3) is 2.69. The monoisotopic (exact) mass is 265 g/mol. The summed E-state index contributed by atoms with van der Waals surface area (Å²) < 4.78 is 5.03. The lowest BCUT2D eigenvalue weighted by atomic mass is 10.1.